The topological polar surface area (TPSA) is 77.1 Å². The molecular weight excluding hydrogens is 499 g/mol. The third-order valence-corrected chi connectivity index (χ3v) is 7.35. The van der Waals surface area contributed by atoms with E-state index in [0.717, 1.165) is 28.9 Å². The van der Waals surface area contributed by atoms with Crippen LogP contribution < -0.4 is 14.8 Å². The Morgan fingerprint density at radius 1 is 0.974 bits per heavy atom. The summed E-state index contributed by atoms with van der Waals surface area (Å²) in [5, 5.41) is 2.99. The molecule has 2 heterocycles. The van der Waals surface area contributed by atoms with Gasteiger partial charge in [-0.3, -0.25) is 0 Å². The second-order valence-corrected chi connectivity index (χ2v) is 9.66. The van der Waals surface area contributed by atoms with Crippen molar-refractivity contribution in [3.8, 4) is 11.5 Å². The summed E-state index contributed by atoms with van der Waals surface area (Å²) in [6.07, 6.45) is 1.81. The predicted octanol–water partition coefficient (Wildman–Crippen LogP) is 5.49. The van der Waals surface area contributed by atoms with E-state index in [4.69, 9.17) is 14.2 Å². The van der Waals surface area contributed by atoms with Crippen molar-refractivity contribution in [1.29, 1.82) is 0 Å². The van der Waals surface area contributed by atoms with Gasteiger partial charge >= 0.3 is 12.0 Å². The average molecular weight is 531 g/mol. The van der Waals surface area contributed by atoms with Gasteiger partial charge in [0.15, 0.2) is 0 Å². The number of fused-ring (bicyclic) bond motifs is 2. The van der Waals surface area contributed by atoms with E-state index in [1.807, 2.05) is 54.6 Å². The van der Waals surface area contributed by atoms with Crippen LogP contribution >= 0.6 is 0 Å². The summed E-state index contributed by atoms with van der Waals surface area (Å²) < 4.78 is 30.7. The van der Waals surface area contributed by atoms with Crippen LogP contribution in [0, 0.1) is 5.82 Å². The van der Waals surface area contributed by atoms with Crippen LogP contribution in [-0.4, -0.2) is 43.2 Å². The minimum atomic E-state index is -0.498. The lowest BCUT2D eigenvalue weighted by Crippen LogP contribution is -2.50. The number of halogens is 1. The van der Waals surface area contributed by atoms with E-state index in [1.54, 1.807) is 18.1 Å². The zero-order valence-electron chi connectivity index (χ0n) is 22.0. The third-order valence-electron chi connectivity index (χ3n) is 7.35. The maximum Gasteiger partial charge on any atom is 0.336 e. The minimum Gasteiger partial charge on any atom is -0.497 e. The van der Waals surface area contributed by atoms with Gasteiger partial charge in [-0.25, -0.2) is 14.0 Å². The molecular formula is C31H31FN2O5. The van der Waals surface area contributed by atoms with Gasteiger partial charge in [0, 0.05) is 24.2 Å². The Morgan fingerprint density at radius 3 is 2.46 bits per heavy atom. The molecule has 2 aliphatic heterocycles. The van der Waals surface area contributed by atoms with Gasteiger partial charge in [-0.2, -0.15) is 0 Å². The lowest BCUT2D eigenvalue weighted by atomic mass is 9.88. The standard InChI is InChI=1S/C31H31FN2O5/c1-37-24-12-8-20(9-13-24)18-33-31(36)34-23-11-15-27(34)29(30(35)38-2)26(17-23)25-14-10-22(32)16-28(25)39-19-21-6-4-3-5-7-21/h3-10,12-14,16,23,27H,11,15,17-19H2,1-2H3,(H,33,36)/t23-,27+/m0/s1. The van der Waals surface area contributed by atoms with E-state index in [-0.39, 0.29) is 18.7 Å². The maximum atomic E-state index is 14.3. The van der Waals surface area contributed by atoms with Gasteiger partial charge in [-0.15, -0.1) is 0 Å². The number of rotatable bonds is 8. The first-order valence-electron chi connectivity index (χ1n) is 13.0. The van der Waals surface area contributed by atoms with Gasteiger partial charge < -0.3 is 24.4 Å². The highest BCUT2D eigenvalue weighted by molar-refractivity contribution is 6.01. The Morgan fingerprint density at radius 2 is 1.74 bits per heavy atom. The Hall–Kier alpha value is -4.33. The highest BCUT2D eigenvalue weighted by Gasteiger charge is 2.47. The average Bonchev–Trinajstić information content (AvgIpc) is 3.28. The molecule has 0 aromatic heterocycles. The smallest absolute Gasteiger partial charge is 0.336 e. The highest BCUT2D eigenvalue weighted by Crippen LogP contribution is 2.45. The summed E-state index contributed by atoms with van der Waals surface area (Å²) in [4.78, 5) is 28.3. The van der Waals surface area contributed by atoms with Crippen LogP contribution in [0.25, 0.3) is 5.57 Å². The first kappa shape index (κ1) is 26.3. The highest BCUT2D eigenvalue weighted by atomic mass is 19.1. The summed E-state index contributed by atoms with van der Waals surface area (Å²) in [7, 11) is 2.94. The molecule has 5 rings (SSSR count). The van der Waals surface area contributed by atoms with Crippen molar-refractivity contribution in [2.45, 2.75) is 44.5 Å². The van der Waals surface area contributed by atoms with E-state index >= 15 is 0 Å². The Bertz CT molecular complexity index is 1370. The number of carbonyl (C=O) groups excluding carboxylic acids is 2. The molecule has 0 aliphatic carbocycles. The number of amides is 2. The van der Waals surface area contributed by atoms with Crippen molar-refractivity contribution < 1.29 is 28.2 Å². The molecule has 2 aliphatic rings. The zero-order chi connectivity index (χ0) is 27.4. The lowest BCUT2D eigenvalue weighted by molar-refractivity contribution is -0.136. The molecule has 1 saturated heterocycles. The predicted molar refractivity (Wildman–Crippen MR) is 145 cm³/mol. The van der Waals surface area contributed by atoms with Crippen LogP contribution in [0.3, 0.4) is 0 Å². The van der Waals surface area contributed by atoms with Crippen molar-refractivity contribution >= 4 is 17.6 Å². The third kappa shape index (κ3) is 5.60. The summed E-state index contributed by atoms with van der Waals surface area (Å²) >= 11 is 0. The van der Waals surface area contributed by atoms with Crippen LogP contribution in [0.4, 0.5) is 9.18 Å². The lowest BCUT2D eigenvalue weighted by Gasteiger charge is -2.37. The molecule has 1 N–H and O–H groups in total. The van der Waals surface area contributed by atoms with Gasteiger partial charge in [0.25, 0.3) is 0 Å². The molecule has 2 atom stereocenters. The molecule has 0 radical (unpaired) electrons. The number of ether oxygens (including phenoxy) is 3. The molecule has 3 aromatic rings. The van der Waals surface area contributed by atoms with Gasteiger partial charge in [0.1, 0.15) is 23.9 Å². The van der Waals surface area contributed by atoms with Gasteiger partial charge in [0.2, 0.25) is 0 Å². The largest absolute Gasteiger partial charge is 0.497 e. The summed E-state index contributed by atoms with van der Waals surface area (Å²) in [6, 6.07) is 20.6. The number of carbonyl (C=O) groups is 2. The fourth-order valence-corrected chi connectivity index (χ4v) is 5.46. The second-order valence-electron chi connectivity index (χ2n) is 9.66. The van der Waals surface area contributed by atoms with Gasteiger partial charge in [-0.05, 0) is 60.2 Å². The zero-order valence-corrected chi connectivity index (χ0v) is 22.0. The van der Waals surface area contributed by atoms with Crippen LogP contribution in [0.2, 0.25) is 0 Å². The van der Waals surface area contributed by atoms with Gasteiger partial charge in [-0.1, -0.05) is 42.5 Å². The van der Waals surface area contributed by atoms with Crippen LogP contribution in [-0.2, 0) is 22.7 Å². The molecule has 2 amide bonds. The first-order chi connectivity index (χ1) is 19.0. The quantitative estimate of drug-likeness (QED) is 0.390. The Labute approximate surface area is 227 Å². The molecule has 39 heavy (non-hydrogen) atoms. The van der Waals surface area contributed by atoms with Gasteiger partial charge in [0.05, 0.1) is 25.8 Å². The molecule has 202 valence electrons. The summed E-state index contributed by atoms with van der Waals surface area (Å²) in [5.74, 6) is 0.168. The summed E-state index contributed by atoms with van der Waals surface area (Å²) in [6.45, 7) is 0.600. The molecule has 2 bridgehead atoms. The first-order valence-corrected chi connectivity index (χ1v) is 13.0. The second kappa shape index (κ2) is 11.6. The molecule has 3 aromatic carbocycles. The number of nitrogens with zero attached hydrogens (tertiary/aromatic N) is 1. The van der Waals surface area contributed by atoms with Crippen molar-refractivity contribution in [1.82, 2.24) is 10.2 Å². The monoisotopic (exact) mass is 530 g/mol. The Kier molecular flexibility index (Phi) is 7.81. The maximum absolute atomic E-state index is 14.3. The fraction of sp³-hybridized carbons (Fsp3) is 0.290. The molecule has 0 unspecified atom stereocenters. The number of nitrogens with one attached hydrogen (secondary N) is 1. The number of benzene rings is 3. The molecule has 0 spiro atoms. The molecule has 7 nitrogen and oxygen atoms in total. The van der Waals surface area contributed by atoms with E-state index < -0.39 is 17.8 Å². The van der Waals surface area contributed by atoms with Crippen molar-refractivity contribution in [2.24, 2.45) is 0 Å². The fourth-order valence-electron chi connectivity index (χ4n) is 5.46. The van der Waals surface area contributed by atoms with Crippen LogP contribution in [0.1, 0.15) is 36.0 Å². The SMILES string of the molecule is COC(=O)C1=C(c2ccc(F)cc2OCc2ccccc2)C[C@@H]2CC[C@H]1N2C(=O)NCc1ccc(OC)cc1. The number of urea groups is 1. The van der Waals surface area contributed by atoms with Crippen LogP contribution in [0.15, 0.2) is 78.4 Å². The van der Waals surface area contributed by atoms with Crippen molar-refractivity contribution in [3.05, 3.63) is 101 Å². The number of hydrogen-bond donors (Lipinski definition) is 1. The van der Waals surface area contributed by atoms with E-state index in [1.165, 1.54) is 19.2 Å². The molecule has 1 fully saturated rings. The van der Waals surface area contributed by atoms with Crippen LogP contribution in [0.5, 0.6) is 11.5 Å². The molecule has 0 saturated carbocycles. The van der Waals surface area contributed by atoms with E-state index in [9.17, 15) is 14.0 Å². The number of esters is 1. The van der Waals surface area contributed by atoms with E-state index in [2.05, 4.69) is 5.32 Å². The Balaban J connectivity index is 1.42. The number of methoxy groups -OCH3 is 2. The van der Waals surface area contributed by atoms with E-state index in [0.29, 0.717) is 36.3 Å². The molecule has 8 heteroatoms. The minimum absolute atomic E-state index is 0.110. The summed E-state index contributed by atoms with van der Waals surface area (Å²) in [5.41, 5.74) is 3.67. The number of hydrogen-bond acceptors (Lipinski definition) is 5. The normalized spacial score (nSPS) is 18.1. The van der Waals surface area contributed by atoms with Crippen molar-refractivity contribution in [2.75, 3.05) is 14.2 Å². The van der Waals surface area contributed by atoms with Crippen molar-refractivity contribution in [3.63, 3.8) is 0 Å².